The van der Waals surface area contributed by atoms with E-state index < -0.39 is 0 Å². The fourth-order valence-electron chi connectivity index (χ4n) is 1.02. The summed E-state index contributed by atoms with van der Waals surface area (Å²) in [4.78, 5) is 4.19. The monoisotopic (exact) mass is 191 g/mol. The fraction of sp³-hybridized carbons (Fsp3) is 0.182. The van der Waals surface area contributed by atoms with Crippen LogP contribution < -0.4 is 0 Å². The van der Waals surface area contributed by atoms with E-state index in [9.17, 15) is 0 Å². The minimum absolute atomic E-state index is 1.01. The highest BCUT2D eigenvalue weighted by atomic mass is 32.2. The first-order valence-corrected chi connectivity index (χ1v) is 5.30. The average molecular weight is 191 g/mol. The van der Waals surface area contributed by atoms with Crippen molar-refractivity contribution in [2.75, 3.05) is 6.26 Å². The van der Waals surface area contributed by atoms with Gasteiger partial charge in [-0.1, -0.05) is 36.4 Å². The SMILES string of the molecule is C=CN=C(SC)c1ccc(C)cc1. The molecule has 1 aromatic rings. The molecule has 13 heavy (non-hydrogen) atoms. The predicted octanol–water partition coefficient (Wildman–Crippen LogP) is 3.25. The van der Waals surface area contributed by atoms with E-state index in [-0.39, 0.29) is 0 Å². The number of aryl methyl sites for hydroxylation is 1. The Balaban J connectivity index is 2.99. The summed E-state index contributed by atoms with van der Waals surface area (Å²) in [6.07, 6.45) is 3.59. The second-order valence-electron chi connectivity index (χ2n) is 2.69. The Morgan fingerprint density at radius 2 is 2.00 bits per heavy atom. The number of hydrogen-bond donors (Lipinski definition) is 0. The fourth-order valence-corrected chi connectivity index (χ4v) is 1.58. The summed E-state index contributed by atoms with van der Waals surface area (Å²) >= 11 is 1.63. The number of hydrogen-bond acceptors (Lipinski definition) is 2. The molecular formula is C11H13NS. The molecule has 0 spiro atoms. The molecule has 0 heterocycles. The first kappa shape index (κ1) is 10.1. The Labute approximate surface area is 83.6 Å². The van der Waals surface area contributed by atoms with Crippen LogP contribution in [0.2, 0.25) is 0 Å². The van der Waals surface area contributed by atoms with Gasteiger partial charge < -0.3 is 0 Å². The lowest BCUT2D eigenvalue weighted by Gasteiger charge is -2.01. The van der Waals surface area contributed by atoms with Gasteiger partial charge in [-0.05, 0) is 13.2 Å². The van der Waals surface area contributed by atoms with Crippen molar-refractivity contribution in [1.82, 2.24) is 0 Å². The van der Waals surface area contributed by atoms with Crippen LogP contribution in [0.15, 0.2) is 42.0 Å². The topological polar surface area (TPSA) is 12.4 Å². The van der Waals surface area contributed by atoms with Gasteiger partial charge in [0, 0.05) is 11.8 Å². The van der Waals surface area contributed by atoms with Crippen molar-refractivity contribution in [1.29, 1.82) is 0 Å². The summed E-state index contributed by atoms with van der Waals surface area (Å²) < 4.78 is 0. The zero-order valence-electron chi connectivity index (χ0n) is 7.95. The van der Waals surface area contributed by atoms with Gasteiger partial charge in [0.25, 0.3) is 0 Å². The van der Waals surface area contributed by atoms with Crippen molar-refractivity contribution in [3.63, 3.8) is 0 Å². The van der Waals surface area contributed by atoms with Gasteiger partial charge in [0.05, 0.1) is 0 Å². The lowest BCUT2D eigenvalue weighted by atomic mass is 10.2. The van der Waals surface area contributed by atoms with Crippen molar-refractivity contribution >= 4 is 16.8 Å². The van der Waals surface area contributed by atoms with Gasteiger partial charge in [-0.25, -0.2) is 4.99 Å². The zero-order valence-corrected chi connectivity index (χ0v) is 8.77. The average Bonchev–Trinajstić information content (AvgIpc) is 2.16. The summed E-state index contributed by atoms with van der Waals surface area (Å²) in [7, 11) is 0. The standard InChI is InChI=1S/C11H13NS/c1-4-12-11(13-3)10-7-5-9(2)6-8-10/h4-8H,1H2,2-3H3. The number of thioether (sulfide) groups is 1. The molecule has 0 saturated heterocycles. The van der Waals surface area contributed by atoms with Gasteiger partial charge in [-0.2, -0.15) is 0 Å². The molecule has 0 aromatic heterocycles. The van der Waals surface area contributed by atoms with Crippen LogP contribution in [0.4, 0.5) is 0 Å². The van der Waals surface area contributed by atoms with Crippen LogP contribution in [0.3, 0.4) is 0 Å². The maximum absolute atomic E-state index is 4.19. The third-order valence-electron chi connectivity index (χ3n) is 1.70. The number of aliphatic imine (C=N–C) groups is 1. The molecule has 0 saturated carbocycles. The largest absolute Gasteiger partial charge is 0.250 e. The summed E-state index contributed by atoms with van der Waals surface area (Å²) in [6.45, 7) is 5.67. The number of rotatable bonds is 2. The number of nitrogens with zero attached hydrogens (tertiary/aromatic N) is 1. The Morgan fingerprint density at radius 1 is 1.38 bits per heavy atom. The van der Waals surface area contributed by atoms with Crippen molar-refractivity contribution < 1.29 is 0 Å². The highest BCUT2D eigenvalue weighted by Crippen LogP contribution is 2.12. The Kier molecular flexibility index (Phi) is 3.77. The van der Waals surface area contributed by atoms with Crippen molar-refractivity contribution in [3.8, 4) is 0 Å². The molecule has 0 unspecified atom stereocenters. The lowest BCUT2D eigenvalue weighted by molar-refractivity contribution is 1.46. The molecule has 0 fully saturated rings. The van der Waals surface area contributed by atoms with Crippen LogP contribution in [-0.2, 0) is 0 Å². The first-order chi connectivity index (χ1) is 6.27. The molecule has 1 aromatic carbocycles. The van der Waals surface area contributed by atoms with Crippen LogP contribution in [0, 0.1) is 6.92 Å². The second-order valence-corrected chi connectivity index (χ2v) is 3.48. The molecular weight excluding hydrogens is 178 g/mol. The molecule has 0 bridgehead atoms. The summed E-state index contributed by atoms with van der Waals surface area (Å²) in [6, 6.07) is 8.33. The van der Waals surface area contributed by atoms with Gasteiger partial charge in [0.15, 0.2) is 0 Å². The van der Waals surface area contributed by atoms with E-state index >= 15 is 0 Å². The zero-order chi connectivity index (χ0) is 9.68. The Hall–Kier alpha value is -1.02. The smallest absolute Gasteiger partial charge is 0.103 e. The van der Waals surface area contributed by atoms with E-state index in [1.807, 2.05) is 6.26 Å². The molecule has 0 radical (unpaired) electrons. The van der Waals surface area contributed by atoms with E-state index in [2.05, 4.69) is 42.8 Å². The van der Waals surface area contributed by atoms with Crippen molar-refractivity contribution in [2.24, 2.45) is 4.99 Å². The van der Waals surface area contributed by atoms with Crippen LogP contribution in [-0.4, -0.2) is 11.3 Å². The van der Waals surface area contributed by atoms with E-state index in [0.29, 0.717) is 0 Å². The van der Waals surface area contributed by atoms with Gasteiger partial charge in [0.1, 0.15) is 5.04 Å². The summed E-state index contributed by atoms with van der Waals surface area (Å²) in [5, 5.41) is 1.01. The van der Waals surface area contributed by atoms with E-state index in [0.717, 1.165) is 10.6 Å². The second kappa shape index (κ2) is 4.87. The van der Waals surface area contributed by atoms with Crippen molar-refractivity contribution in [3.05, 3.63) is 48.2 Å². The molecule has 0 aliphatic rings. The molecule has 0 aliphatic heterocycles. The third kappa shape index (κ3) is 2.74. The quantitative estimate of drug-likeness (QED) is 0.516. The maximum Gasteiger partial charge on any atom is 0.103 e. The molecule has 1 nitrogen and oxygen atoms in total. The Morgan fingerprint density at radius 3 is 2.46 bits per heavy atom. The molecule has 0 aliphatic carbocycles. The third-order valence-corrected chi connectivity index (χ3v) is 2.43. The van der Waals surface area contributed by atoms with Gasteiger partial charge in [0.2, 0.25) is 0 Å². The molecule has 1 rings (SSSR count). The maximum atomic E-state index is 4.19. The first-order valence-electron chi connectivity index (χ1n) is 4.07. The van der Waals surface area contributed by atoms with E-state index in [4.69, 9.17) is 0 Å². The lowest BCUT2D eigenvalue weighted by Crippen LogP contribution is -1.93. The van der Waals surface area contributed by atoms with Crippen LogP contribution in [0.5, 0.6) is 0 Å². The normalized spacial score (nSPS) is 11.4. The van der Waals surface area contributed by atoms with Crippen molar-refractivity contribution in [2.45, 2.75) is 6.92 Å². The van der Waals surface area contributed by atoms with Gasteiger partial charge in [-0.15, -0.1) is 11.8 Å². The molecule has 0 atom stereocenters. The van der Waals surface area contributed by atoms with Crippen LogP contribution in [0.25, 0.3) is 0 Å². The van der Waals surface area contributed by atoms with Gasteiger partial charge in [-0.3, -0.25) is 0 Å². The van der Waals surface area contributed by atoms with Crippen LogP contribution >= 0.6 is 11.8 Å². The minimum Gasteiger partial charge on any atom is -0.250 e. The van der Waals surface area contributed by atoms with Gasteiger partial charge >= 0.3 is 0 Å². The minimum atomic E-state index is 1.01. The van der Waals surface area contributed by atoms with E-state index in [1.54, 1.807) is 18.0 Å². The molecule has 68 valence electrons. The molecule has 0 N–H and O–H groups in total. The molecule has 2 heteroatoms. The van der Waals surface area contributed by atoms with Crippen LogP contribution in [0.1, 0.15) is 11.1 Å². The summed E-state index contributed by atoms with van der Waals surface area (Å²) in [5.74, 6) is 0. The Bertz CT molecular complexity index is 311. The predicted molar refractivity (Wildman–Crippen MR) is 61.4 cm³/mol. The van der Waals surface area contributed by atoms with E-state index in [1.165, 1.54) is 5.56 Å². The summed E-state index contributed by atoms with van der Waals surface area (Å²) in [5.41, 5.74) is 2.42. The highest BCUT2D eigenvalue weighted by Gasteiger charge is 1.99. The highest BCUT2D eigenvalue weighted by molar-refractivity contribution is 8.13. The molecule has 0 amide bonds. The number of benzene rings is 1.